The summed E-state index contributed by atoms with van der Waals surface area (Å²) in [6.07, 6.45) is 5.34. The van der Waals surface area contributed by atoms with Gasteiger partial charge in [0, 0.05) is 12.2 Å². The van der Waals surface area contributed by atoms with E-state index in [4.69, 9.17) is 10.2 Å². The lowest BCUT2D eigenvalue weighted by atomic mass is 9.85. The minimum absolute atomic E-state index is 0. The zero-order chi connectivity index (χ0) is 16.8. The number of hydrogen-bond acceptors (Lipinski definition) is 3. The van der Waals surface area contributed by atoms with Crippen molar-refractivity contribution < 1.29 is 9.21 Å². The zero-order valence-corrected chi connectivity index (χ0v) is 16.2. The maximum Gasteiger partial charge on any atom is 0.291 e. The molecule has 25 heavy (non-hydrogen) atoms. The van der Waals surface area contributed by atoms with Crippen molar-refractivity contribution in [1.29, 1.82) is 0 Å². The van der Waals surface area contributed by atoms with Gasteiger partial charge < -0.3 is 20.8 Å². The molecule has 1 aliphatic rings. The van der Waals surface area contributed by atoms with Crippen molar-refractivity contribution in [1.82, 2.24) is 5.32 Å². The molecule has 1 amide bonds. The molecule has 0 bridgehead atoms. The molecule has 4 N–H and O–H groups in total. The molecule has 2 aromatic rings. The summed E-state index contributed by atoms with van der Waals surface area (Å²) in [6.45, 7) is 1.36. The van der Waals surface area contributed by atoms with Crippen molar-refractivity contribution in [3.63, 3.8) is 0 Å². The summed E-state index contributed by atoms with van der Waals surface area (Å²) in [6, 6.07) is 10.8. The van der Waals surface area contributed by atoms with Gasteiger partial charge in [0.1, 0.15) is 0 Å². The van der Waals surface area contributed by atoms with Crippen molar-refractivity contribution in [3.8, 4) is 0 Å². The molecule has 0 aliphatic heterocycles. The number of nitrogens with zero attached hydrogens (tertiary/aromatic N) is 1. The van der Waals surface area contributed by atoms with Gasteiger partial charge in [-0.25, -0.2) is 4.99 Å². The Morgan fingerprint density at radius 3 is 2.80 bits per heavy atom. The predicted molar refractivity (Wildman–Crippen MR) is 109 cm³/mol. The van der Waals surface area contributed by atoms with Crippen molar-refractivity contribution in [2.24, 2.45) is 16.6 Å². The molecule has 0 atom stereocenters. The number of nitrogens with two attached hydrogens (primary N) is 1. The average Bonchev–Trinajstić information content (AvgIpc) is 3.06. The second-order valence-corrected chi connectivity index (χ2v) is 6.01. The highest BCUT2D eigenvalue weighted by Crippen LogP contribution is 2.25. The Balaban J connectivity index is 0.00000225. The molecule has 0 unspecified atom stereocenters. The highest BCUT2D eigenvalue weighted by atomic mass is 127. The van der Waals surface area contributed by atoms with E-state index in [-0.39, 0.29) is 35.6 Å². The van der Waals surface area contributed by atoms with Crippen LogP contribution in [0.1, 0.15) is 35.4 Å². The Hall–Kier alpha value is -2.03. The quantitative estimate of drug-likeness (QED) is 0.355. The Bertz CT molecular complexity index is 712. The molecule has 7 heteroatoms. The highest BCUT2D eigenvalue weighted by Gasteiger charge is 2.16. The van der Waals surface area contributed by atoms with Crippen LogP contribution in [0.5, 0.6) is 0 Å². The largest absolute Gasteiger partial charge is 0.459 e. The SMILES string of the molecule is I.NC(=NCc1cccc(NC(=O)c2ccco2)c1)NCC1CCC1. The first-order valence-corrected chi connectivity index (χ1v) is 8.18. The van der Waals surface area contributed by atoms with Crippen molar-refractivity contribution in [3.05, 3.63) is 54.0 Å². The van der Waals surface area contributed by atoms with E-state index >= 15 is 0 Å². The highest BCUT2D eigenvalue weighted by molar-refractivity contribution is 14.0. The fourth-order valence-electron chi connectivity index (χ4n) is 2.53. The summed E-state index contributed by atoms with van der Waals surface area (Å²) < 4.78 is 5.08. The van der Waals surface area contributed by atoms with Gasteiger partial charge in [-0.2, -0.15) is 0 Å². The lowest BCUT2D eigenvalue weighted by molar-refractivity contribution is 0.0996. The maximum atomic E-state index is 12.0. The molecule has 0 radical (unpaired) electrons. The van der Waals surface area contributed by atoms with E-state index in [9.17, 15) is 4.79 Å². The molecule has 1 heterocycles. The van der Waals surface area contributed by atoms with Gasteiger partial charge in [-0.15, -0.1) is 24.0 Å². The monoisotopic (exact) mass is 454 g/mol. The molecule has 6 nitrogen and oxygen atoms in total. The van der Waals surface area contributed by atoms with Gasteiger partial charge in [0.05, 0.1) is 12.8 Å². The van der Waals surface area contributed by atoms with E-state index in [0.717, 1.165) is 18.0 Å². The molecule has 1 aliphatic carbocycles. The molecule has 1 aromatic heterocycles. The normalized spacial score (nSPS) is 14.3. The minimum Gasteiger partial charge on any atom is -0.459 e. The Labute approximate surface area is 164 Å². The first-order valence-electron chi connectivity index (χ1n) is 8.18. The van der Waals surface area contributed by atoms with Crippen LogP contribution < -0.4 is 16.4 Å². The number of hydrogen-bond donors (Lipinski definition) is 3. The number of halogens is 1. The van der Waals surface area contributed by atoms with Gasteiger partial charge in [0.25, 0.3) is 5.91 Å². The Kier molecular flexibility index (Phi) is 7.30. The number of nitrogens with one attached hydrogen (secondary N) is 2. The molecule has 0 saturated heterocycles. The third-order valence-corrected chi connectivity index (χ3v) is 4.16. The van der Waals surface area contributed by atoms with Crippen molar-refractivity contribution >= 4 is 41.5 Å². The van der Waals surface area contributed by atoms with Crippen LogP contribution in [-0.4, -0.2) is 18.4 Å². The summed E-state index contributed by atoms with van der Waals surface area (Å²) in [5, 5.41) is 5.97. The molecule has 1 aromatic carbocycles. The summed E-state index contributed by atoms with van der Waals surface area (Å²) in [5.74, 6) is 1.20. The third-order valence-electron chi connectivity index (χ3n) is 4.16. The Morgan fingerprint density at radius 1 is 1.28 bits per heavy atom. The van der Waals surface area contributed by atoms with Gasteiger partial charge >= 0.3 is 0 Å². The van der Waals surface area contributed by atoms with Crippen LogP contribution in [0.4, 0.5) is 5.69 Å². The van der Waals surface area contributed by atoms with Gasteiger partial charge in [0.15, 0.2) is 11.7 Å². The first-order chi connectivity index (χ1) is 11.7. The second kappa shape index (κ2) is 9.45. The summed E-state index contributed by atoms with van der Waals surface area (Å²) in [4.78, 5) is 16.3. The topological polar surface area (TPSA) is 92.6 Å². The van der Waals surface area contributed by atoms with Crippen LogP contribution in [0, 0.1) is 5.92 Å². The van der Waals surface area contributed by atoms with Gasteiger partial charge in [-0.3, -0.25) is 4.79 Å². The molecule has 1 fully saturated rings. The standard InChI is InChI=1S/C18H22N4O2.HI/c19-18(20-11-13-4-1-5-13)21-12-14-6-2-7-15(10-14)22-17(23)16-8-3-9-24-16;/h2-3,6-10,13H,1,4-5,11-12H2,(H,22,23)(H3,19,20,21);1H. The predicted octanol–water partition coefficient (Wildman–Crippen LogP) is 3.35. The molecular formula is C18H23IN4O2. The number of guanidine groups is 1. The smallest absolute Gasteiger partial charge is 0.291 e. The summed E-state index contributed by atoms with van der Waals surface area (Å²) in [5.41, 5.74) is 7.56. The maximum absolute atomic E-state index is 12.0. The van der Waals surface area contributed by atoms with Crippen LogP contribution >= 0.6 is 24.0 Å². The number of furan rings is 1. The number of carbonyl (C=O) groups is 1. The summed E-state index contributed by atoms with van der Waals surface area (Å²) in [7, 11) is 0. The fourth-order valence-corrected chi connectivity index (χ4v) is 2.53. The van der Waals surface area contributed by atoms with E-state index < -0.39 is 0 Å². The van der Waals surface area contributed by atoms with E-state index in [1.807, 2.05) is 24.3 Å². The van der Waals surface area contributed by atoms with E-state index in [1.165, 1.54) is 25.5 Å². The lowest BCUT2D eigenvalue weighted by Gasteiger charge is -2.25. The molecule has 0 spiro atoms. The van der Waals surface area contributed by atoms with E-state index in [2.05, 4.69) is 15.6 Å². The van der Waals surface area contributed by atoms with E-state index in [1.54, 1.807) is 12.1 Å². The number of aliphatic imine (C=N–C) groups is 1. The van der Waals surface area contributed by atoms with Crippen LogP contribution in [-0.2, 0) is 6.54 Å². The lowest BCUT2D eigenvalue weighted by Crippen LogP contribution is -2.37. The Morgan fingerprint density at radius 2 is 2.12 bits per heavy atom. The summed E-state index contributed by atoms with van der Waals surface area (Å²) >= 11 is 0. The van der Waals surface area contributed by atoms with E-state index in [0.29, 0.717) is 18.2 Å². The number of rotatable bonds is 6. The zero-order valence-electron chi connectivity index (χ0n) is 13.9. The van der Waals surface area contributed by atoms with Crippen molar-refractivity contribution in [2.75, 3.05) is 11.9 Å². The number of amides is 1. The number of benzene rings is 1. The molecule has 134 valence electrons. The molecular weight excluding hydrogens is 431 g/mol. The molecule has 1 saturated carbocycles. The van der Waals surface area contributed by atoms with Gasteiger partial charge in [-0.05, 0) is 48.6 Å². The fraction of sp³-hybridized carbons (Fsp3) is 0.333. The van der Waals surface area contributed by atoms with Crippen LogP contribution in [0.15, 0.2) is 52.1 Å². The van der Waals surface area contributed by atoms with Crippen LogP contribution in [0.2, 0.25) is 0 Å². The van der Waals surface area contributed by atoms with Gasteiger partial charge in [0.2, 0.25) is 0 Å². The second-order valence-electron chi connectivity index (χ2n) is 6.01. The average molecular weight is 454 g/mol. The minimum atomic E-state index is -0.276. The van der Waals surface area contributed by atoms with Crippen LogP contribution in [0.3, 0.4) is 0 Å². The van der Waals surface area contributed by atoms with Crippen molar-refractivity contribution in [2.45, 2.75) is 25.8 Å². The van der Waals surface area contributed by atoms with Gasteiger partial charge in [-0.1, -0.05) is 18.6 Å². The third kappa shape index (κ3) is 5.77. The van der Waals surface area contributed by atoms with Crippen LogP contribution in [0.25, 0.3) is 0 Å². The molecule has 3 rings (SSSR count). The first kappa shape index (κ1) is 19.3. The number of carbonyl (C=O) groups excluding carboxylic acids is 1. The number of anilines is 1.